The first kappa shape index (κ1) is 14.0. The molecule has 2 heterocycles. The number of alkyl halides is 3. The first-order valence-corrected chi connectivity index (χ1v) is 5.94. The molecule has 1 fully saturated rings. The topological polar surface area (TPSA) is 50.4 Å². The average molecular weight is 279 g/mol. The molecule has 0 atom stereocenters. The van der Waals surface area contributed by atoms with Gasteiger partial charge in [-0.2, -0.15) is 13.2 Å². The number of H-pyrrole nitrogens is 1. The Hall–Kier alpha value is -1.44. The summed E-state index contributed by atoms with van der Waals surface area (Å²) < 4.78 is 49.0. The van der Waals surface area contributed by atoms with Gasteiger partial charge in [-0.15, -0.1) is 5.10 Å². The van der Waals surface area contributed by atoms with E-state index >= 15 is 0 Å². The van der Waals surface area contributed by atoms with E-state index in [9.17, 15) is 13.2 Å². The van der Waals surface area contributed by atoms with Crippen molar-refractivity contribution in [3.05, 3.63) is 5.56 Å². The smallest absolute Gasteiger partial charge is 0.425 e. The number of halogens is 3. The van der Waals surface area contributed by atoms with Gasteiger partial charge in [-0.05, 0) is 12.8 Å². The summed E-state index contributed by atoms with van der Waals surface area (Å²) in [5, 5.41) is 6.00. The van der Waals surface area contributed by atoms with Crippen LogP contribution in [-0.2, 0) is 10.9 Å². The predicted molar refractivity (Wildman–Crippen MR) is 62.4 cm³/mol. The van der Waals surface area contributed by atoms with E-state index in [1.165, 1.54) is 7.11 Å². The highest BCUT2D eigenvalue weighted by Gasteiger charge is 2.41. The molecule has 0 aromatic carbocycles. The summed E-state index contributed by atoms with van der Waals surface area (Å²) in [6.45, 7) is 0.986. The molecule has 0 saturated carbocycles. The molecule has 8 heteroatoms. The van der Waals surface area contributed by atoms with Crippen LogP contribution in [0.3, 0.4) is 0 Å². The van der Waals surface area contributed by atoms with Crippen molar-refractivity contribution in [2.75, 3.05) is 32.2 Å². The lowest BCUT2D eigenvalue weighted by atomic mass is 10.1. The van der Waals surface area contributed by atoms with Crippen molar-refractivity contribution >= 4 is 5.82 Å². The van der Waals surface area contributed by atoms with E-state index in [-0.39, 0.29) is 11.9 Å². The van der Waals surface area contributed by atoms with Crippen LogP contribution in [-0.4, -0.2) is 43.6 Å². The van der Waals surface area contributed by atoms with Crippen molar-refractivity contribution in [1.29, 1.82) is 0 Å². The van der Waals surface area contributed by atoms with Crippen molar-refractivity contribution in [3.8, 4) is 5.88 Å². The van der Waals surface area contributed by atoms with Crippen LogP contribution in [0.25, 0.3) is 0 Å². The Balaban J connectivity index is 2.24. The number of aromatic amines is 1. The fraction of sp³-hybridized carbons (Fsp3) is 0.727. The summed E-state index contributed by atoms with van der Waals surface area (Å²) in [6.07, 6.45) is -3.01. The van der Waals surface area contributed by atoms with Crippen LogP contribution < -0.4 is 9.64 Å². The van der Waals surface area contributed by atoms with E-state index in [1.807, 2.05) is 0 Å². The normalized spacial score (nSPS) is 17.8. The number of anilines is 1. The summed E-state index contributed by atoms with van der Waals surface area (Å²) in [6, 6.07) is 0. The van der Waals surface area contributed by atoms with Gasteiger partial charge in [0.2, 0.25) is 5.88 Å². The van der Waals surface area contributed by atoms with Gasteiger partial charge in [0, 0.05) is 20.2 Å². The molecule has 0 unspecified atom stereocenters. The van der Waals surface area contributed by atoms with Crippen LogP contribution in [0.15, 0.2) is 0 Å². The van der Waals surface area contributed by atoms with Gasteiger partial charge in [-0.25, -0.2) is 0 Å². The molecule has 0 spiro atoms. The Morgan fingerprint density at radius 1 is 1.26 bits per heavy atom. The molecule has 108 valence electrons. The molecule has 1 saturated heterocycles. The quantitative estimate of drug-likeness (QED) is 0.920. The standard InChI is InChI=1S/C11H16F3N3O2/c1-18-7-3-5-17(6-4-7)9-8(11(12,13)14)10(19-2)16-15-9/h7H,3-6H2,1-2H3,(H,15,16). The third kappa shape index (κ3) is 2.78. The Morgan fingerprint density at radius 2 is 1.89 bits per heavy atom. The van der Waals surface area contributed by atoms with Crippen LogP contribution in [0.2, 0.25) is 0 Å². The number of methoxy groups -OCH3 is 2. The van der Waals surface area contributed by atoms with Gasteiger partial charge >= 0.3 is 6.18 Å². The van der Waals surface area contributed by atoms with Gasteiger partial charge in [-0.1, -0.05) is 0 Å². The number of ether oxygens (including phenoxy) is 2. The first-order chi connectivity index (χ1) is 8.97. The highest BCUT2D eigenvalue weighted by atomic mass is 19.4. The van der Waals surface area contributed by atoms with Crippen LogP contribution >= 0.6 is 0 Å². The third-order valence-corrected chi connectivity index (χ3v) is 3.28. The highest BCUT2D eigenvalue weighted by Crippen LogP contribution is 2.41. The van der Waals surface area contributed by atoms with Gasteiger partial charge in [0.25, 0.3) is 0 Å². The summed E-state index contributed by atoms with van der Waals surface area (Å²) >= 11 is 0. The molecule has 5 nitrogen and oxygen atoms in total. The maximum absolute atomic E-state index is 13.0. The van der Waals surface area contributed by atoms with Crippen molar-refractivity contribution in [2.24, 2.45) is 0 Å². The van der Waals surface area contributed by atoms with Crippen molar-refractivity contribution in [2.45, 2.75) is 25.1 Å². The van der Waals surface area contributed by atoms with Crippen LogP contribution in [0.4, 0.5) is 19.0 Å². The summed E-state index contributed by atoms with van der Waals surface area (Å²) in [4.78, 5) is 1.63. The van der Waals surface area contributed by atoms with Crippen molar-refractivity contribution < 1.29 is 22.6 Å². The Labute approximate surface area is 108 Å². The number of nitrogens with one attached hydrogen (secondary N) is 1. The van der Waals surface area contributed by atoms with Crippen LogP contribution in [0.1, 0.15) is 18.4 Å². The largest absolute Gasteiger partial charge is 0.479 e. The number of nitrogens with zero attached hydrogens (tertiary/aromatic N) is 2. The number of rotatable bonds is 3. The second-order valence-electron chi connectivity index (χ2n) is 4.38. The minimum Gasteiger partial charge on any atom is -0.479 e. The zero-order valence-electron chi connectivity index (χ0n) is 10.8. The zero-order chi connectivity index (χ0) is 14.0. The number of hydrogen-bond donors (Lipinski definition) is 1. The second-order valence-corrected chi connectivity index (χ2v) is 4.38. The van der Waals surface area contributed by atoms with Gasteiger partial charge in [-0.3, -0.25) is 5.10 Å². The molecule has 0 radical (unpaired) electrons. The van der Waals surface area contributed by atoms with Gasteiger partial charge in [0.15, 0.2) is 5.56 Å². The molecule has 1 aromatic heterocycles. The SMILES string of the molecule is COc1n[nH]c(N2CCC(OC)CC2)c1C(F)(F)F. The Morgan fingerprint density at radius 3 is 2.37 bits per heavy atom. The molecule has 1 aliphatic heterocycles. The second kappa shape index (κ2) is 5.28. The van der Waals surface area contributed by atoms with E-state index in [0.29, 0.717) is 25.9 Å². The van der Waals surface area contributed by atoms with E-state index in [1.54, 1.807) is 12.0 Å². The molecular weight excluding hydrogens is 263 g/mol. The molecule has 19 heavy (non-hydrogen) atoms. The molecule has 0 bridgehead atoms. The van der Waals surface area contributed by atoms with E-state index in [0.717, 1.165) is 0 Å². The highest BCUT2D eigenvalue weighted by molar-refractivity contribution is 5.53. The average Bonchev–Trinajstić information content (AvgIpc) is 2.82. The molecule has 0 amide bonds. The number of hydrogen-bond acceptors (Lipinski definition) is 4. The molecule has 1 N–H and O–H groups in total. The summed E-state index contributed by atoms with van der Waals surface area (Å²) in [7, 11) is 2.78. The van der Waals surface area contributed by atoms with Gasteiger partial charge < -0.3 is 14.4 Å². The van der Waals surface area contributed by atoms with E-state index in [4.69, 9.17) is 4.74 Å². The zero-order valence-corrected chi connectivity index (χ0v) is 10.8. The van der Waals surface area contributed by atoms with E-state index < -0.39 is 17.6 Å². The summed E-state index contributed by atoms with van der Waals surface area (Å²) in [5.41, 5.74) is -0.842. The van der Waals surface area contributed by atoms with Crippen LogP contribution in [0.5, 0.6) is 5.88 Å². The van der Waals surface area contributed by atoms with Crippen molar-refractivity contribution in [1.82, 2.24) is 10.2 Å². The number of aromatic nitrogens is 2. The minimum atomic E-state index is -4.49. The molecule has 1 aromatic rings. The van der Waals surface area contributed by atoms with E-state index in [2.05, 4.69) is 14.9 Å². The Kier molecular flexibility index (Phi) is 3.88. The minimum absolute atomic E-state index is 0.0288. The molecular formula is C11H16F3N3O2. The lowest BCUT2D eigenvalue weighted by Gasteiger charge is -2.32. The van der Waals surface area contributed by atoms with Gasteiger partial charge in [0.1, 0.15) is 5.82 Å². The fourth-order valence-electron chi connectivity index (χ4n) is 2.26. The van der Waals surface area contributed by atoms with Crippen LogP contribution in [0, 0.1) is 0 Å². The maximum atomic E-state index is 13.0. The van der Waals surface area contributed by atoms with Gasteiger partial charge in [0.05, 0.1) is 13.2 Å². The third-order valence-electron chi connectivity index (χ3n) is 3.28. The predicted octanol–water partition coefficient (Wildman–Crippen LogP) is 2.05. The lowest BCUT2D eigenvalue weighted by Crippen LogP contribution is -2.37. The fourth-order valence-corrected chi connectivity index (χ4v) is 2.26. The first-order valence-electron chi connectivity index (χ1n) is 5.94. The summed E-state index contributed by atoms with van der Waals surface area (Å²) in [5.74, 6) is -0.449. The lowest BCUT2D eigenvalue weighted by molar-refractivity contribution is -0.138. The molecule has 1 aliphatic rings. The molecule has 2 rings (SSSR count). The monoisotopic (exact) mass is 279 g/mol. The molecule has 0 aliphatic carbocycles. The van der Waals surface area contributed by atoms with Crippen molar-refractivity contribution in [3.63, 3.8) is 0 Å². The number of piperidine rings is 1. The maximum Gasteiger partial charge on any atom is 0.425 e. The Bertz CT molecular complexity index is 425.